The lowest BCUT2D eigenvalue weighted by atomic mass is 9.85. The van der Waals surface area contributed by atoms with Gasteiger partial charge in [-0.25, -0.2) is 10.9 Å². The molecule has 0 aromatic rings. The Bertz CT molecular complexity index is 746. The molecule has 0 spiro atoms. The minimum Gasteiger partial charge on any atom is -0.262 e. The molecule has 6 nitrogen and oxygen atoms in total. The van der Waals surface area contributed by atoms with E-state index in [0.29, 0.717) is 24.7 Å². The van der Waals surface area contributed by atoms with Crippen LogP contribution >= 0.6 is 0 Å². The normalized spacial score (nSPS) is 25.0. The molecule has 28 heavy (non-hydrogen) atoms. The van der Waals surface area contributed by atoms with Crippen molar-refractivity contribution < 1.29 is 9.59 Å². The predicted octanol–water partition coefficient (Wildman–Crippen LogP) is 3.80. The fraction of sp³-hybridized carbons (Fsp3) is 0.455. The third-order valence-corrected chi connectivity index (χ3v) is 5.39. The second kappa shape index (κ2) is 9.44. The third-order valence-electron chi connectivity index (χ3n) is 5.39. The van der Waals surface area contributed by atoms with Crippen LogP contribution < -0.4 is 10.9 Å². The van der Waals surface area contributed by atoms with Crippen LogP contribution in [0.25, 0.3) is 0 Å². The molecule has 150 valence electrons. The number of hydrogen-bond acceptors (Lipinski definition) is 4. The van der Waals surface area contributed by atoms with Crippen molar-refractivity contribution in [3.63, 3.8) is 0 Å². The maximum atomic E-state index is 12.1. The van der Waals surface area contributed by atoms with Gasteiger partial charge in [-0.05, 0) is 76.4 Å². The highest BCUT2D eigenvalue weighted by atomic mass is 16.2. The number of hydrazone groups is 2. The molecule has 2 aliphatic carbocycles. The topological polar surface area (TPSA) is 82.9 Å². The first kappa shape index (κ1) is 21.5. The first-order valence-electron chi connectivity index (χ1n) is 9.57. The molecule has 0 aromatic heterocycles. The highest BCUT2D eigenvalue weighted by molar-refractivity contribution is 6.35. The standard InChI is InChI=1S/C22H30N4O2/c1-13(2)17-9-7-15(5)19(11-17)23-25-21(27)22(28)26-24-20-12-18(14(3)4)10-8-16(20)6/h7-8,17-18H,1,3,9-12H2,2,4-6H3,(H,25,27)(H,26,28)/t17-,18-/m0/s1. The lowest BCUT2D eigenvalue weighted by molar-refractivity contribution is -0.139. The van der Waals surface area contributed by atoms with Crippen LogP contribution in [-0.2, 0) is 9.59 Å². The fourth-order valence-corrected chi connectivity index (χ4v) is 3.19. The minimum absolute atomic E-state index is 0.307. The van der Waals surface area contributed by atoms with Gasteiger partial charge in [0.05, 0.1) is 11.4 Å². The molecular weight excluding hydrogens is 352 g/mol. The molecule has 0 aromatic carbocycles. The number of rotatable bonds is 4. The van der Waals surface area contributed by atoms with Gasteiger partial charge in [-0.15, -0.1) is 0 Å². The molecule has 6 heteroatoms. The largest absolute Gasteiger partial charge is 0.331 e. The van der Waals surface area contributed by atoms with Gasteiger partial charge in [-0.1, -0.05) is 36.5 Å². The lowest BCUT2D eigenvalue weighted by Gasteiger charge is -2.22. The van der Waals surface area contributed by atoms with Crippen LogP contribution in [0, 0.1) is 11.8 Å². The van der Waals surface area contributed by atoms with Crippen LogP contribution in [0.5, 0.6) is 0 Å². The maximum Gasteiger partial charge on any atom is 0.331 e. The highest BCUT2D eigenvalue weighted by Gasteiger charge is 2.21. The minimum atomic E-state index is -0.837. The Balaban J connectivity index is 1.97. The van der Waals surface area contributed by atoms with Crippen LogP contribution in [0.2, 0.25) is 0 Å². The van der Waals surface area contributed by atoms with E-state index in [1.165, 1.54) is 0 Å². The van der Waals surface area contributed by atoms with E-state index < -0.39 is 11.8 Å². The number of hydrogen-bond donors (Lipinski definition) is 2. The summed E-state index contributed by atoms with van der Waals surface area (Å²) in [5.74, 6) is -1.06. The SMILES string of the molecule is C=C(C)[C@H]1CC=C(C)C(=NNC(=O)C(=O)NN=C2C[C@@H](C(=C)C)CC=C2C)C1. The molecular formula is C22H30N4O2. The molecule has 2 amide bonds. The fourth-order valence-electron chi connectivity index (χ4n) is 3.19. The first-order valence-corrected chi connectivity index (χ1v) is 9.57. The maximum absolute atomic E-state index is 12.1. The summed E-state index contributed by atoms with van der Waals surface area (Å²) in [7, 11) is 0. The molecule has 0 fully saturated rings. The van der Waals surface area contributed by atoms with E-state index in [-0.39, 0.29) is 0 Å². The van der Waals surface area contributed by atoms with Crippen LogP contribution in [0.15, 0.2) is 57.8 Å². The number of amides is 2. The Labute approximate surface area is 167 Å². The highest BCUT2D eigenvalue weighted by Crippen LogP contribution is 2.27. The number of nitrogens with zero attached hydrogens (tertiary/aromatic N) is 2. The van der Waals surface area contributed by atoms with Gasteiger partial charge < -0.3 is 0 Å². The molecule has 2 rings (SSSR count). The summed E-state index contributed by atoms with van der Waals surface area (Å²) in [5, 5.41) is 8.28. The van der Waals surface area contributed by atoms with Gasteiger partial charge in [-0.2, -0.15) is 10.2 Å². The van der Waals surface area contributed by atoms with Crippen LogP contribution in [-0.4, -0.2) is 23.2 Å². The van der Waals surface area contributed by atoms with Crippen molar-refractivity contribution in [2.45, 2.75) is 53.4 Å². The quantitative estimate of drug-likeness (QED) is 0.440. The van der Waals surface area contributed by atoms with E-state index in [1.807, 2.05) is 27.7 Å². The Morgan fingerprint density at radius 3 is 1.54 bits per heavy atom. The number of carbonyl (C=O) groups excluding carboxylic acids is 2. The van der Waals surface area contributed by atoms with Crippen molar-refractivity contribution in [2.24, 2.45) is 22.0 Å². The Morgan fingerprint density at radius 1 is 0.857 bits per heavy atom. The van der Waals surface area contributed by atoms with E-state index >= 15 is 0 Å². The Morgan fingerprint density at radius 2 is 1.21 bits per heavy atom. The molecule has 2 N–H and O–H groups in total. The monoisotopic (exact) mass is 382 g/mol. The van der Waals surface area contributed by atoms with Gasteiger partial charge in [0.15, 0.2) is 0 Å². The molecule has 0 heterocycles. The molecule has 0 saturated carbocycles. The van der Waals surface area contributed by atoms with Gasteiger partial charge >= 0.3 is 11.8 Å². The molecule has 0 unspecified atom stereocenters. The van der Waals surface area contributed by atoms with Crippen molar-refractivity contribution in [3.05, 3.63) is 47.6 Å². The van der Waals surface area contributed by atoms with Crippen molar-refractivity contribution in [1.29, 1.82) is 0 Å². The molecule has 0 aliphatic heterocycles. The second-order valence-electron chi connectivity index (χ2n) is 7.74. The summed E-state index contributed by atoms with van der Waals surface area (Å²) in [4.78, 5) is 24.1. The van der Waals surface area contributed by atoms with Gasteiger partial charge in [-0.3, -0.25) is 9.59 Å². The van der Waals surface area contributed by atoms with E-state index in [4.69, 9.17) is 0 Å². The van der Waals surface area contributed by atoms with E-state index in [1.54, 1.807) is 0 Å². The molecule has 2 aliphatic rings. The molecule has 0 radical (unpaired) electrons. The van der Waals surface area contributed by atoms with E-state index in [2.05, 4.69) is 46.4 Å². The Hall–Kier alpha value is -2.76. The summed E-state index contributed by atoms with van der Waals surface area (Å²) >= 11 is 0. The average Bonchev–Trinajstić information content (AvgIpc) is 2.65. The van der Waals surface area contributed by atoms with E-state index in [0.717, 1.165) is 46.6 Å². The van der Waals surface area contributed by atoms with Crippen LogP contribution in [0.1, 0.15) is 53.4 Å². The van der Waals surface area contributed by atoms with Crippen LogP contribution in [0.4, 0.5) is 0 Å². The summed E-state index contributed by atoms with van der Waals surface area (Å²) in [5.41, 5.74) is 10.4. The van der Waals surface area contributed by atoms with Crippen molar-refractivity contribution in [1.82, 2.24) is 10.9 Å². The van der Waals surface area contributed by atoms with E-state index in [9.17, 15) is 9.59 Å². The molecule has 2 atom stereocenters. The van der Waals surface area contributed by atoms with Crippen molar-refractivity contribution in [2.75, 3.05) is 0 Å². The molecule has 0 bridgehead atoms. The molecule has 0 saturated heterocycles. The zero-order valence-electron chi connectivity index (χ0n) is 17.3. The smallest absolute Gasteiger partial charge is 0.262 e. The third kappa shape index (κ3) is 5.62. The summed E-state index contributed by atoms with van der Waals surface area (Å²) in [6.07, 6.45) is 7.41. The lowest BCUT2D eigenvalue weighted by Crippen LogP contribution is -2.37. The van der Waals surface area contributed by atoms with Crippen molar-refractivity contribution in [3.8, 4) is 0 Å². The zero-order valence-corrected chi connectivity index (χ0v) is 17.3. The van der Waals surface area contributed by atoms with Crippen LogP contribution in [0.3, 0.4) is 0 Å². The number of allylic oxidation sites excluding steroid dienone is 6. The van der Waals surface area contributed by atoms with Gasteiger partial charge in [0.1, 0.15) is 0 Å². The average molecular weight is 383 g/mol. The van der Waals surface area contributed by atoms with Gasteiger partial charge in [0.2, 0.25) is 0 Å². The van der Waals surface area contributed by atoms with Gasteiger partial charge in [0.25, 0.3) is 0 Å². The summed E-state index contributed by atoms with van der Waals surface area (Å²) in [6, 6.07) is 0. The predicted molar refractivity (Wildman–Crippen MR) is 114 cm³/mol. The summed E-state index contributed by atoms with van der Waals surface area (Å²) in [6.45, 7) is 15.9. The summed E-state index contributed by atoms with van der Waals surface area (Å²) < 4.78 is 0. The number of nitrogens with one attached hydrogen (secondary N) is 2. The van der Waals surface area contributed by atoms with Crippen molar-refractivity contribution >= 4 is 23.2 Å². The second-order valence-corrected chi connectivity index (χ2v) is 7.74. The first-order chi connectivity index (χ1) is 13.2. The number of carbonyl (C=O) groups is 2. The zero-order chi connectivity index (χ0) is 20.8. The van der Waals surface area contributed by atoms with Gasteiger partial charge in [0, 0.05) is 0 Å². The Kier molecular flexibility index (Phi) is 7.26.